The van der Waals surface area contributed by atoms with Gasteiger partial charge in [0.2, 0.25) is 0 Å². The molecule has 2 atom stereocenters. The molecular weight excluding hydrogens is 234 g/mol. The van der Waals surface area contributed by atoms with Crippen LogP contribution in [0.25, 0.3) is 0 Å². The van der Waals surface area contributed by atoms with Crippen molar-refractivity contribution >= 4 is 17.3 Å². The van der Waals surface area contributed by atoms with E-state index < -0.39 is 0 Å². The van der Waals surface area contributed by atoms with Crippen molar-refractivity contribution in [3.8, 4) is 0 Å². The zero-order valence-electron chi connectivity index (χ0n) is 10.1. The van der Waals surface area contributed by atoms with Gasteiger partial charge in [-0.05, 0) is 38.4 Å². The number of aromatic nitrogens is 1. The number of halogens is 1. The van der Waals surface area contributed by atoms with Gasteiger partial charge in [-0.2, -0.15) is 0 Å². The van der Waals surface area contributed by atoms with Gasteiger partial charge in [0, 0.05) is 25.2 Å². The van der Waals surface area contributed by atoms with Crippen LogP contribution in [0.5, 0.6) is 0 Å². The third-order valence-corrected chi connectivity index (χ3v) is 4.45. The average molecular weight is 252 g/mol. The molecule has 3 nitrogen and oxygen atoms in total. The van der Waals surface area contributed by atoms with Crippen molar-refractivity contribution in [2.75, 3.05) is 25.0 Å². The first-order valence-corrected chi connectivity index (χ1v) is 6.70. The third-order valence-electron chi connectivity index (χ3n) is 4.23. The first kappa shape index (κ1) is 11.3. The van der Waals surface area contributed by atoms with Crippen molar-refractivity contribution in [2.45, 2.75) is 31.3 Å². The van der Waals surface area contributed by atoms with Crippen LogP contribution in [0.3, 0.4) is 0 Å². The highest BCUT2D eigenvalue weighted by Gasteiger charge is 2.34. The Hall–Kier alpha value is -0.800. The Bertz CT molecular complexity index is 392. The van der Waals surface area contributed by atoms with Gasteiger partial charge in [0.15, 0.2) is 0 Å². The topological polar surface area (TPSA) is 19.4 Å². The first-order valence-electron chi connectivity index (χ1n) is 6.32. The molecule has 1 aromatic rings. The fraction of sp³-hybridized carbons (Fsp3) is 0.615. The monoisotopic (exact) mass is 251 g/mol. The molecule has 0 radical (unpaired) electrons. The molecule has 3 heterocycles. The third kappa shape index (κ3) is 2.14. The van der Waals surface area contributed by atoms with E-state index in [1.54, 1.807) is 0 Å². The van der Waals surface area contributed by atoms with Gasteiger partial charge in [-0.25, -0.2) is 4.98 Å². The second-order valence-electron chi connectivity index (χ2n) is 5.12. The molecule has 1 aromatic heterocycles. The molecule has 3 rings (SSSR count). The van der Waals surface area contributed by atoms with Gasteiger partial charge >= 0.3 is 0 Å². The molecule has 2 fully saturated rings. The normalized spacial score (nSPS) is 29.4. The van der Waals surface area contributed by atoms with Crippen molar-refractivity contribution in [1.82, 2.24) is 9.88 Å². The van der Waals surface area contributed by atoms with Crippen molar-refractivity contribution < 1.29 is 0 Å². The van der Waals surface area contributed by atoms with Crippen LogP contribution >= 0.6 is 11.6 Å². The van der Waals surface area contributed by atoms with E-state index in [9.17, 15) is 0 Å². The summed E-state index contributed by atoms with van der Waals surface area (Å²) >= 11 is 5.83. The Morgan fingerprint density at radius 1 is 1.24 bits per heavy atom. The minimum Gasteiger partial charge on any atom is -0.369 e. The molecule has 17 heavy (non-hydrogen) atoms. The number of hydrogen-bond acceptors (Lipinski definition) is 3. The SMILES string of the molecule is CN1[C@H]2CC[C@@H]1CN(c1ccc(Cl)nc1)CC2. The summed E-state index contributed by atoms with van der Waals surface area (Å²) in [4.78, 5) is 9.18. The zero-order chi connectivity index (χ0) is 11.8. The molecule has 0 amide bonds. The van der Waals surface area contributed by atoms with E-state index in [0.29, 0.717) is 11.2 Å². The molecule has 4 heteroatoms. The van der Waals surface area contributed by atoms with Crippen molar-refractivity contribution in [2.24, 2.45) is 0 Å². The van der Waals surface area contributed by atoms with Gasteiger partial charge in [-0.3, -0.25) is 4.90 Å². The zero-order valence-corrected chi connectivity index (χ0v) is 10.9. The quantitative estimate of drug-likeness (QED) is 0.715. The summed E-state index contributed by atoms with van der Waals surface area (Å²) in [7, 11) is 2.27. The summed E-state index contributed by atoms with van der Waals surface area (Å²) in [6, 6.07) is 5.45. The lowest BCUT2D eigenvalue weighted by molar-refractivity contribution is 0.254. The number of pyridine rings is 1. The van der Waals surface area contributed by atoms with E-state index in [1.165, 1.54) is 24.9 Å². The largest absolute Gasteiger partial charge is 0.369 e. The van der Waals surface area contributed by atoms with Crippen LogP contribution in [-0.2, 0) is 0 Å². The van der Waals surface area contributed by atoms with Crippen molar-refractivity contribution in [1.29, 1.82) is 0 Å². The second kappa shape index (κ2) is 4.46. The molecule has 0 spiro atoms. The molecule has 0 aliphatic carbocycles. The van der Waals surface area contributed by atoms with Crippen LogP contribution in [0.15, 0.2) is 18.3 Å². The van der Waals surface area contributed by atoms with E-state index in [1.807, 2.05) is 12.3 Å². The molecule has 2 bridgehead atoms. The van der Waals surface area contributed by atoms with Crippen LogP contribution < -0.4 is 4.90 Å². The second-order valence-corrected chi connectivity index (χ2v) is 5.51. The molecule has 2 saturated heterocycles. The summed E-state index contributed by atoms with van der Waals surface area (Å²) in [6.45, 7) is 2.26. The van der Waals surface area contributed by atoms with Crippen LogP contribution in [0.1, 0.15) is 19.3 Å². The maximum Gasteiger partial charge on any atom is 0.129 e. The molecule has 2 aliphatic rings. The predicted octanol–water partition coefficient (Wildman–Crippen LogP) is 2.41. The van der Waals surface area contributed by atoms with Gasteiger partial charge in [0.05, 0.1) is 11.9 Å². The number of hydrogen-bond donors (Lipinski definition) is 0. The molecule has 2 aliphatic heterocycles. The molecule has 0 unspecified atom stereocenters. The summed E-state index contributed by atoms with van der Waals surface area (Å²) in [5.41, 5.74) is 1.20. The number of likely N-dealkylation sites (N-methyl/N-ethyl adjacent to an activating group) is 1. The molecule has 0 aromatic carbocycles. The average Bonchev–Trinajstić information content (AvgIpc) is 2.55. The lowest BCUT2D eigenvalue weighted by Gasteiger charge is -2.27. The predicted molar refractivity (Wildman–Crippen MR) is 70.7 cm³/mol. The fourth-order valence-electron chi connectivity index (χ4n) is 3.10. The highest BCUT2D eigenvalue weighted by Crippen LogP contribution is 2.30. The summed E-state index contributed by atoms with van der Waals surface area (Å²) in [5, 5.41) is 0.571. The van der Waals surface area contributed by atoms with Crippen LogP contribution in [0.2, 0.25) is 5.15 Å². The number of rotatable bonds is 1. The smallest absolute Gasteiger partial charge is 0.129 e. The van der Waals surface area contributed by atoms with E-state index in [2.05, 4.69) is 27.9 Å². The Kier molecular flexibility index (Phi) is 2.97. The van der Waals surface area contributed by atoms with Crippen molar-refractivity contribution in [3.63, 3.8) is 0 Å². The number of anilines is 1. The summed E-state index contributed by atoms with van der Waals surface area (Å²) in [5.74, 6) is 0. The summed E-state index contributed by atoms with van der Waals surface area (Å²) < 4.78 is 0. The molecule has 92 valence electrons. The minimum absolute atomic E-state index is 0.571. The van der Waals surface area contributed by atoms with Gasteiger partial charge in [-0.1, -0.05) is 11.6 Å². The maximum absolute atomic E-state index is 5.83. The van der Waals surface area contributed by atoms with Gasteiger partial charge < -0.3 is 4.90 Å². The molecular formula is C13H18ClN3. The summed E-state index contributed by atoms with van der Waals surface area (Å²) in [6.07, 6.45) is 5.85. The van der Waals surface area contributed by atoms with E-state index >= 15 is 0 Å². The van der Waals surface area contributed by atoms with E-state index in [4.69, 9.17) is 11.6 Å². The number of fused-ring (bicyclic) bond motifs is 2. The van der Waals surface area contributed by atoms with Gasteiger partial charge in [-0.15, -0.1) is 0 Å². The Morgan fingerprint density at radius 3 is 2.82 bits per heavy atom. The first-order chi connectivity index (χ1) is 8.24. The van der Waals surface area contributed by atoms with Crippen molar-refractivity contribution in [3.05, 3.63) is 23.5 Å². The highest BCUT2D eigenvalue weighted by molar-refractivity contribution is 6.29. The Morgan fingerprint density at radius 2 is 2.06 bits per heavy atom. The fourth-order valence-corrected chi connectivity index (χ4v) is 3.21. The Labute approximate surface area is 107 Å². The Balaban J connectivity index is 1.79. The molecule has 0 saturated carbocycles. The molecule has 0 N–H and O–H groups in total. The van der Waals surface area contributed by atoms with Crippen LogP contribution in [0.4, 0.5) is 5.69 Å². The lowest BCUT2D eigenvalue weighted by Crippen LogP contribution is -2.36. The van der Waals surface area contributed by atoms with E-state index in [-0.39, 0.29) is 0 Å². The number of nitrogens with zero attached hydrogens (tertiary/aromatic N) is 3. The van der Waals surface area contributed by atoms with Gasteiger partial charge in [0.25, 0.3) is 0 Å². The minimum atomic E-state index is 0.571. The van der Waals surface area contributed by atoms with Crippen LogP contribution in [0, 0.1) is 0 Å². The standard InChI is InChI=1S/C13H18ClN3/c1-16-10-2-3-12(16)9-17(7-6-10)11-4-5-13(14)15-8-11/h4-5,8,10,12H,2-3,6-7,9H2,1H3/t10-,12+/m0/s1. The van der Waals surface area contributed by atoms with Crippen LogP contribution in [-0.4, -0.2) is 42.1 Å². The van der Waals surface area contributed by atoms with E-state index in [0.717, 1.165) is 19.1 Å². The van der Waals surface area contributed by atoms with Gasteiger partial charge in [0.1, 0.15) is 5.15 Å². The highest BCUT2D eigenvalue weighted by atomic mass is 35.5. The lowest BCUT2D eigenvalue weighted by atomic mass is 10.1. The maximum atomic E-state index is 5.83.